The van der Waals surface area contributed by atoms with Crippen LogP contribution in [-0.2, 0) is 9.53 Å². The largest absolute Gasteiger partial charge is 0.365 e. The van der Waals surface area contributed by atoms with Crippen molar-refractivity contribution in [3.63, 3.8) is 0 Å². The lowest BCUT2D eigenvalue weighted by Gasteiger charge is -2.35. The second kappa shape index (κ2) is 9.65. The summed E-state index contributed by atoms with van der Waals surface area (Å²) in [5.74, 6) is 0.248. The molecule has 0 aromatic heterocycles. The first-order chi connectivity index (χ1) is 9.39. The summed E-state index contributed by atoms with van der Waals surface area (Å²) in [5.41, 5.74) is 5.44. The third-order valence-corrected chi connectivity index (χ3v) is 4.68. The predicted molar refractivity (Wildman–Crippen MR) is 89.7 cm³/mol. The van der Waals surface area contributed by atoms with Gasteiger partial charge in [0.25, 0.3) is 0 Å². The van der Waals surface area contributed by atoms with Crippen LogP contribution in [-0.4, -0.2) is 30.2 Å². The van der Waals surface area contributed by atoms with Gasteiger partial charge >= 0.3 is 0 Å². The molecule has 2 atom stereocenters. The molecule has 1 fully saturated rings. The molecule has 0 aliphatic heterocycles. The summed E-state index contributed by atoms with van der Waals surface area (Å²) in [4.78, 5) is 12.3. The van der Waals surface area contributed by atoms with E-state index >= 15 is 0 Å². The van der Waals surface area contributed by atoms with Crippen molar-refractivity contribution < 1.29 is 9.53 Å². The van der Waals surface area contributed by atoms with E-state index in [9.17, 15) is 4.79 Å². The molecule has 0 saturated heterocycles. The Hall–Kier alpha value is -0.320. The maximum absolute atomic E-state index is 12.3. The Morgan fingerprint density at radius 1 is 1.24 bits per heavy atom. The number of carbonyl (C=O) groups is 1. The van der Waals surface area contributed by atoms with Crippen molar-refractivity contribution in [2.24, 2.45) is 11.7 Å². The van der Waals surface area contributed by atoms with Crippen molar-refractivity contribution in [2.75, 3.05) is 6.54 Å². The van der Waals surface area contributed by atoms with Crippen molar-refractivity contribution in [3.8, 4) is 0 Å². The molecule has 1 saturated carbocycles. The van der Waals surface area contributed by atoms with Crippen LogP contribution in [0.3, 0.4) is 0 Å². The van der Waals surface area contributed by atoms with Gasteiger partial charge in [0.05, 0.1) is 11.6 Å². The van der Waals surface area contributed by atoms with Gasteiger partial charge in [-0.05, 0) is 32.6 Å². The summed E-state index contributed by atoms with van der Waals surface area (Å²) in [5, 5.41) is 3.06. The van der Waals surface area contributed by atoms with Crippen molar-refractivity contribution in [1.29, 1.82) is 0 Å². The molecule has 0 heterocycles. The zero-order chi connectivity index (χ0) is 15.2. The van der Waals surface area contributed by atoms with E-state index < -0.39 is 6.10 Å². The highest BCUT2D eigenvalue weighted by atomic mass is 35.5. The highest BCUT2D eigenvalue weighted by Gasteiger charge is 2.31. The number of hydrogen-bond acceptors (Lipinski definition) is 3. The molecule has 1 aliphatic carbocycles. The molecule has 21 heavy (non-hydrogen) atoms. The molecular formula is C16H33ClN2O2. The second-order valence-electron chi connectivity index (χ2n) is 6.66. The predicted octanol–water partition coefficient (Wildman–Crippen LogP) is 3.03. The van der Waals surface area contributed by atoms with Crippen molar-refractivity contribution >= 4 is 18.3 Å². The van der Waals surface area contributed by atoms with Crippen molar-refractivity contribution in [2.45, 2.75) is 84.0 Å². The van der Waals surface area contributed by atoms with Gasteiger partial charge in [0, 0.05) is 6.54 Å². The minimum Gasteiger partial charge on any atom is -0.365 e. The Bertz CT molecular complexity index is 305. The lowest BCUT2D eigenvalue weighted by atomic mass is 9.88. The quantitative estimate of drug-likeness (QED) is 0.739. The zero-order valence-corrected chi connectivity index (χ0v) is 14.8. The van der Waals surface area contributed by atoms with E-state index in [0.29, 0.717) is 12.5 Å². The van der Waals surface area contributed by atoms with E-state index in [-0.39, 0.29) is 30.0 Å². The normalized spacial score (nSPS) is 21.0. The Morgan fingerprint density at radius 2 is 1.76 bits per heavy atom. The van der Waals surface area contributed by atoms with Crippen LogP contribution in [0.2, 0.25) is 0 Å². The SMILES string of the molecule is CC(OC1CCCCCC1)C(=O)NC(C)(CN)C(C)C.Cl. The van der Waals surface area contributed by atoms with Crippen LogP contribution in [0.4, 0.5) is 0 Å². The Labute approximate surface area is 136 Å². The van der Waals surface area contributed by atoms with Gasteiger partial charge in [-0.25, -0.2) is 0 Å². The lowest BCUT2D eigenvalue weighted by molar-refractivity contribution is -0.138. The maximum Gasteiger partial charge on any atom is 0.249 e. The number of amides is 1. The number of nitrogens with one attached hydrogen (secondary N) is 1. The molecule has 2 unspecified atom stereocenters. The highest BCUT2D eigenvalue weighted by Crippen LogP contribution is 2.21. The van der Waals surface area contributed by atoms with Gasteiger partial charge in [-0.15, -0.1) is 12.4 Å². The molecule has 0 radical (unpaired) electrons. The molecule has 126 valence electrons. The number of nitrogens with two attached hydrogens (primary N) is 1. The molecule has 5 heteroatoms. The topological polar surface area (TPSA) is 64.3 Å². The maximum atomic E-state index is 12.3. The third kappa shape index (κ3) is 6.54. The summed E-state index contributed by atoms with van der Waals surface area (Å²) in [6.45, 7) is 8.42. The van der Waals surface area contributed by atoms with Gasteiger partial charge in [-0.1, -0.05) is 39.5 Å². The molecule has 0 spiro atoms. The average molecular weight is 321 g/mol. The van der Waals surface area contributed by atoms with E-state index in [1.54, 1.807) is 0 Å². The monoisotopic (exact) mass is 320 g/mol. The van der Waals surface area contributed by atoms with Gasteiger partial charge in [0.15, 0.2) is 0 Å². The van der Waals surface area contributed by atoms with Crippen LogP contribution in [0.15, 0.2) is 0 Å². The minimum absolute atomic E-state index is 0. The molecule has 3 N–H and O–H groups in total. The number of rotatable bonds is 6. The van der Waals surface area contributed by atoms with E-state index in [1.165, 1.54) is 25.7 Å². The summed E-state index contributed by atoms with van der Waals surface area (Å²) >= 11 is 0. The zero-order valence-electron chi connectivity index (χ0n) is 14.0. The lowest BCUT2D eigenvalue weighted by Crippen LogP contribution is -2.57. The van der Waals surface area contributed by atoms with Crippen LogP contribution in [0.5, 0.6) is 0 Å². The highest BCUT2D eigenvalue weighted by molar-refractivity contribution is 5.85. The second-order valence-corrected chi connectivity index (χ2v) is 6.66. The summed E-state index contributed by atoms with van der Waals surface area (Å²) < 4.78 is 5.95. The fourth-order valence-electron chi connectivity index (χ4n) is 2.54. The van der Waals surface area contributed by atoms with Crippen molar-refractivity contribution in [1.82, 2.24) is 5.32 Å². The first-order valence-electron chi connectivity index (χ1n) is 8.06. The minimum atomic E-state index is -0.400. The molecular weight excluding hydrogens is 288 g/mol. The van der Waals surface area contributed by atoms with Crippen LogP contribution in [0, 0.1) is 5.92 Å². The fraction of sp³-hybridized carbons (Fsp3) is 0.938. The first kappa shape index (κ1) is 20.7. The summed E-state index contributed by atoms with van der Waals surface area (Å²) in [6.07, 6.45) is 7.00. The van der Waals surface area contributed by atoms with Crippen LogP contribution < -0.4 is 11.1 Å². The first-order valence-corrected chi connectivity index (χ1v) is 8.06. The average Bonchev–Trinajstić information content (AvgIpc) is 2.66. The molecule has 1 amide bonds. The number of hydrogen-bond donors (Lipinski definition) is 2. The smallest absolute Gasteiger partial charge is 0.249 e. The number of halogens is 1. The van der Waals surface area contributed by atoms with E-state index in [0.717, 1.165) is 12.8 Å². The van der Waals surface area contributed by atoms with Gasteiger partial charge < -0.3 is 15.8 Å². The number of ether oxygens (including phenoxy) is 1. The van der Waals surface area contributed by atoms with Gasteiger partial charge in [0.2, 0.25) is 5.91 Å². The molecule has 0 aromatic rings. The third-order valence-electron chi connectivity index (χ3n) is 4.68. The van der Waals surface area contributed by atoms with Gasteiger partial charge in [-0.3, -0.25) is 4.79 Å². The molecule has 1 aliphatic rings. The molecule has 0 bridgehead atoms. The van der Waals surface area contributed by atoms with Gasteiger partial charge in [-0.2, -0.15) is 0 Å². The fourth-order valence-corrected chi connectivity index (χ4v) is 2.54. The van der Waals surface area contributed by atoms with E-state index in [4.69, 9.17) is 10.5 Å². The molecule has 1 rings (SSSR count). The Balaban J connectivity index is 0.00000400. The van der Waals surface area contributed by atoms with Crippen LogP contribution >= 0.6 is 12.4 Å². The molecule has 0 aromatic carbocycles. The van der Waals surface area contributed by atoms with E-state index in [2.05, 4.69) is 19.2 Å². The van der Waals surface area contributed by atoms with Gasteiger partial charge in [0.1, 0.15) is 6.10 Å². The van der Waals surface area contributed by atoms with Crippen molar-refractivity contribution in [3.05, 3.63) is 0 Å². The van der Waals surface area contributed by atoms with E-state index in [1.807, 2.05) is 13.8 Å². The molecule has 4 nitrogen and oxygen atoms in total. The van der Waals surface area contributed by atoms with Crippen LogP contribution in [0.1, 0.15) is 66.2 Å². The standard InChI is InChI=1S/C16H32N2O2.ClH/c1-12(2)16(4,11-17)18-15(19)13(3)20-14-9-7-5-6-8-10-14;/h12-14H,5-11,17H2,1-4H3,(H,18,19);1H. The van der Waals surface area contributed by atoms with Crippen LogP contribution in [0.25, 0.3) is 0 Å². The Kier molecular flexibility index (Phi) is 9.50. The summed E-state index contributed by atoms with van der Waals surface area (Å²) in [7, 11) is 0. The summed E-state index contributed by atoms with van der Waals surface area (Å²) in [6, 6.07) is 0. The Morgan fingerprint density at radius 3 is 2.19 bits per heavy atom. The number of carbonyl (C=O) groups excluding carboxylic acids is 1.